The Bertz CT molecular complexity index is 433. The van der Waals surface area contributed by atoms with E-state index < -0.39 is 0 Å². The van der Waals surface area contributed by atoms with Crippen molar-refractivity contribution in [2.75, 3.05) is 19.8 Å². The van der Waals surface area contributed by atoms with Crippen molar-refractivity contribution in [1.29, 1.82) is 5.26 Å². The molecule has 3 heteroatoms. The molecule has 18 heavy (non-hydrogen) atoms. The van der Waals surface area contributed by atoms with E-state index in [1.165, 1.54) is 0 Å². The number of ether oxygens (including phenoxy) is 2. The van der Waals surface area contributed by atoms with E-state index in [2.05, 4.69) is 6.07 Å². The summed E-state index contributed by atoms with van der Waals surface area (Å²) in [5, 5.41) is 8.91. The van der Waals surface area contributed by atoms with E-state index in [0.29, 0.717) is 11.5 Å². The maximum Gasteiger partial charge on any atom is 0.125 e. The monoisotopic (exact) mass is 245 g/mol. The number of benzene rings is 1. The molecule has 0 aromatic heterocycles. The second kappa shape index (κ2) is 5.88. The minimum atomic E-state index is 0.591. The number of hydrogen-bond acceptors (Lipinski definition) is 3. The Balaban J connectivity index is 2.02. The van der Waals surface area contributed by atoms with Gasteiger partial charge in [0.25, 0.3) is 0 Å². The van der Waals surface area contributed by atoms with Gasteiger partial charge in [-0.25, -0.2) is 0 Å². The van der Waals surface area contributed by atoms with Crippen LogP contribution in [0.15, 0.2) is 12.1 Å². The molecule has 3 nitrogen and oxygen atoms in total. The number of rotatable bonds is 3. The number of aryl methyl sites for hydroxylation is 2. The average Bonchev–Trinajstić information content (AvgIpc) is 2.38. The fourth-order valence-corrected chi connectivity index (χ4v) is 2.36. The fraction of sp³-hybridized carbons (Fsp3) is 0.533. The molecular weight excluding hydrogens is 226 g/mol. The Morgan fingerprint density at radius 1 is 1.28 bits per heavy atom. The lowest BCUT2D eigenvalue weighted by Crippen LogP contribution is -2.21. The third-order valence-electron chi connectivity index (χ3n) is 3.39. The van der Waals surface area contributed by atoms with Crippen LogP contribution in [0.2, 0.25) is 0 Å². The van der Waals surface area contributed by atoms with Crippen molar-refractivity contribution in [3.05, 3.63) is 28.8 Å². The fourth-order valence-electron chi connectivity index (χ4n) is 2.36. The van der Waals surface area contributed by atoms with E-state index in [1.54, 1.807) is 0 Å². The Hall–Kier alpha value is -1.53. The van der Waals surface area contributed by atoms with E-state index >= 15 is 0 Å². The molecule has 1 saturated heterocycles. The van der Waals surface area contributed by atoms with Crippen molar-refractivity contribution in [2.45, 2.75) is 26.7 Å². The lowest BCUT2D eigenvalue weighted by Gasteiger charge is -2.23. The second-order valence-electron chi connectivity index (χ2n) is 4.92. The van der Waals surface area contributed by atoms with Gasteiger partial charge in [0.05, 0.1) is 18.2 Å². The normalized spacial score (nSPS) is 16.3. The topological polar surface area (TPSA) is 42.2 Å². The second-order valence-corrected chi connectivity index (χ2v) is 4.92. The molecule has 0 spiro atoms. The van der Waals surface area contributed by atoms with Crippen LogP contribution in [0.25, 0.3) is 0 Å². The lowest BCUT2D eigenvalue weighted by molar-refractivity contribution is 0.0495. The van der Waals surface area contributed by atoms with Crippen molar-refractivity contribution in [3.63, 3.8) is 0 Å². The summed E-state index contributed by atoms with van der Waals surface area (Å²) in [6, 6.07) is 5.93. The Morgan fingerprint density at radius 2 is 1.89 bits per heavy atom. The van der Waals surface area contributed by atoms with Crippen molar-refractivity contribution < 1.29 is 9.47 Å². The molecule has 0 radical (unpaired) electrons. The van der Waals surface area contributed by atoms with Gasteiger partial charge in [-0.3, -0.25) is 0 Å². The molecule has 1 aromatic rings. The highest BCUT2D eigenvalue weighted by Gasteiger charge is 2.15. The number of nitriles is 1. The first-order valence-electron chi connectivity index (χ1n) is 6.42. The lowest BCUT2D eigenvalue weighted by atomic mass is 10.0. The maximum atomic E-state index is 8.91. The van der Waals surface area contributed by atoms with Gasteiger partial charge in [-0.05, 0) is 55.9 Å². The molecule has 1 aliphatic rings. The molecule has 0 N–H and O–H groups in total. The van der Waals surface area contributed by atoms with Crippen LogP contribution in [-0.4, -0.2) is 19.8 Å². The van der Waals surface area contributed by atoms with Gasteiger partial charge >= 0.3 is 0 Å². The quantitative estimate of drug-likeness (QED) is 0.822. The van der Waals surface area contributed by atoms with Gasteiger partial charge in [-0.2, -0.15) is 5.26 Å². The largest absolute Gasteiger partial charge is 0.493 e. The predicted octanol–water partition coefficient (Wildman–Crippen LogP) is 2.98. The highest BCUT2D eigenvalue weighted by atomic mass is 16.5. The summed E-state index contributed by atoms with van der Waals surface area (Å²) in [5.74, 6) is 1.52. The SMILES string of the molecule is Cc1cc(C#N)cc(C)c1OCC1CCOCC1. The summed E-state index contributed by atoms with van der Waals surface area (Å²) in [7, 11) is 0. The summed E-state index contributed by atoms with van der Waals surface area (Å²) in [4.78, 5) is 0. The van der Waals surface area contributed by atoms with E-state index in [-0.39, 0.29) is 0 Å². The summed E-state index contributed by atoms with van der Waals surface area (Å²) in [6.07, 6.45) is 2.16. The van der Waals surface area contributed by atoms with Gasteiger partial charge in [-0.1, -0.05) is 0 Å². The Morgan fingerprint density at radius 3 is 2.44 bits per heavy atom. The zero-order chi connectivity index (χ0) is 13.0. The zero-order valence-corrected chi connectivity index (χ0v) is 11.0. The third-order valence-corrected chi connectivity index (χ3v) is 3.39. The van der Waals surface area contributed by atoms with E-state index in [9.17, 15) is 0 Å². The smallest absolute Gasteiger partial charge is 0.125 e. The molecule has 0 bridgehead atoms. The minimum Gasteiger partial charge on any atom is -0.493 e. The molecule has 0 saturated carbocycles. The summed E-state index contributed by atoms with van der Waals surface area (Å²) >= 11 is 0. The van der Waals surface area contributed by atoms with Crippen molar-refractivity contribution >= 4 is 0 Å². The zero-order valence-electron chi connectivity index (χ0n) is 11.0. The standard InChI is InChI=1S/C15H19NO2/c1-11-7-14(9-16)8-12(2)15(11)18-10-13-3-5-17-6-4-13/h7-8,13H,3-6,10H2,1-2H3. The Labute approximate surface area is 108 Å². The van der Waals surface area contributed by atoms with Crippen molar-refractivity contribution in [1.82, 2.24) is 0 Å². The van der Waals surface area contributed by atoms with Gasteiger partial charge in [0.2, 0.25) is 0 Å². The highest BCUT2D eigenvalue weighted by molar-refractivity contribution is 5.47. The van der Waals surface area contributed by atoms with Gasteiger partial charge in [0, 0.05) is 13.2 Å². The first-order valence-corrected chi connectivity index (χ1v) is 6.42. The van der Waals surface area contributed by atoms with Gasteiger partial charge in [0.1, 0.15) is 5.75 Å². The highest BCUT2D eigenvalue weighted by Crippen LogP contribution is 2.26. The Kier molecular flexibility index (Phi) is 4.22. The average molecular weight is 245 g/mol. The van der Waals surface area contributed by atoms with Crippen LogP contribution < -0.4 is 4.74 Å². The maximum absolute atomic E-state index is 8.91. The first-order chi connectivity index (χ1) is 8.70. The van der Waals surface area contributed by atoms with Crippen LogP contribution in [0, 0.1) is 31.1 Å². The molecule has 0 unspecified atom stereocenters. The molecule has 1 aromatic carbocycles. The number of hydrogen-bond donors (Lipinski definition) is 0. The molecule has 1 fully saturated rings. The molecular formula is C15H19NO2. The summed E-state index contributed by atoms with van der Waals surface area (Å²) in [6.45, 7) is 6.43. The summed E-state index contributed by atoms with van der Waals surface area (Å²) in [5.41, 5.74) is 2.78. The van der Waals surface area contributed by atoms with E-state index in [4.69, 9.17) is 14.7 Å². The molecule has 0 atom stereocenters. The molecule has 96 valence electrons. The predicted molar refractivity (Wildman–Crippen MR) is 69.7 cm³/mol. The minimum absolute atomic E-state index is 0.591. The van der Waals surface area contributed by atoms with Crippen LogP contribution in [0.3, 0.4) is 0 Å². The molecule has 0 amide bonds. The van der Waals surface area contributed by atoms with Gasteiger partial charge in [0.15, 0.2) is 0 Å². The van der Waals surface area contributed by atoms with Crippen LogP contribution in [-0.2, 0) is 4.74 Å². The first kappa shape index (κ1) is 12.9. The van der Waals surface area contributed by atoms with Crippen molar-refractivity contribution in [3.8, 4) is 11.8 Å². The van der Waals surface area contributed by atoms with E-state index in [1.807, 2.05) is 26.0 Å². The molecule has 1 aliphatic heterocycles. The van der Waals surface area contributed by atoms with Crippen molar-refractivity contribution in [2.24, 2.45) is 5.92 Å². The van der Waals surface area contributed by atoms with Crippen LogP contribution in [0.4, 0.5) is 0 Å². The van der Waals surface area contributed by atoms with Crippen LogP contribution >= 0.6 is 0 Å². The van der Waals surface area contributed by atoms with Gasteiger partial charge < -0.3 is 9.47 Å². The van der Waals surface area contributed by atoms with Crippen LogP contribution in [0.5, 0.6) is 5.75 Å². The number of nitrogens with zero attached hydrogens (tertiary/aromatic N) is 1. The molecule has 0 aliphatic carbocycles. The molecule has 2 rings (SSSR count). The van der Waals surface area contributed by atoms with E-state index in [0.717, 1.165) is 49.5 Å². The molecule has 1 heterocycles. The third kappa shape index (κ3) is 3.02. The summed E-state index contributed by atoms with van der Waals surface area (Å²) < 4.78 is 11.3. The van der Waals surface area contributed by atoms with Gasteiger partial charge in [-0.15, -0.1) is 0 Å². The van der Waals surface area contributed by atoms with Crippen LogP contribution in [0.1, 0.15) is 29.5 Å².